The van der Waals surface area contributed by atoms with Gasteiger partial charge in [-0.05, 0) is 6.42 Å². The summed E-state index contributed by atoms with van der Waals surface area (Å²) in [6.45, 7) is -1.09. The molecule has 0 aliphatic rings. The van der Waals surface area contributed by atoms with Crippen LogP contribution < -0.4 is 6.15 Å². The summed E-state index contributed by atoms with van der Waals surface area (Å²) in [5, 5.41) is 17.4. The van der Waals surface area contributed by atoms with Gasteiger partial charge in [0.1, 0.15) is 0 Å². The molecule has 0 atom stereocenters. The molecule has 0 aromatic carbocycles. The lowest BCUT2D eigenvalue weighted by Gasteiger charge is -2.12. The smallest absolute Gasteiger partial charge is 0.418 e. The van der Waals surface area contributed by atoms with Crippen LogP contribution in [0, 0.1) is 0 Å². The van der Waals surface area contributed by atoms with Gasteiger partial charge in [0.05, 0.1) is 6.61 Å². The average molecular weight is 429 g/mol. The molecule has 0 heterocycles. The molecule has 0 rings (SSSR count). The Kier molecular flexibility index (Phi) is 23.5. The molecule has 0 aliphatic carbocycles. The maximum absolute atomic E-state index is 9.42. The van der Waals surface area contributed by atoms with Gasteiger partial charge in [-0.15, -0.1) is 10.8 Å². The van der Waals surface area contributed by atoms with Crippen LogP contribution in [-0.2, 0) is 15.3 Å². The van der Waals surface area contributed by atoms with Crippen molar-refractivity contribution in [3.63, 3.8) is 0 Å². The van der Waals surface area contributed by atoms with Crippen LogP contribution in [0.4, 0.5) is 0 Å². The van der Waals surface area contributed by atoms with Crippen LogP contribution in [0.3, 0.4) is 0 Å². The molecule has 0 unspecified atom stereocenters. The summed E-state index contributed by atoms with van der Waals surface area (Å²) in [6.07, 6.45) is 18.9. The van der Waals surface area contributed by atoms with Gasteiger partial charge in [-0.2, -0.15) is 0 Å². The zero-order chi connectivity index (χ0) is 19.5. The van der Waals surface area contributed by atoms with Crippen molar-refractivity contribution in [2.24, 2.45) is 0 Å². The van der Waals surface area contributed by atoms with E-state index in [0.29, 0.717) is 0 Å². The predicted molar refractivity (Wildman–Crippen MR) is 121 cm³/mol. The van der Waals surface area contributed by atoms with Gasteiger partial charge in [0.15, 0.2) is 0 Å². The first kappa shape index (κ1) is 29.8. The summed E-state index contributed by atoms with van der Waals surface area (Å²) < 4.78 is 4.95. The first-order chi connectivity index (χ1) is 12.5. The Hall–Kier alpha value is 0.605. The Bertz CT molecular complexity index is 359. The fraction of sp³-hybridized carbons (Fsp3) is 1.00. The quantitative estimate of drug-likeness (QED) is 0.0753. The van der Waals surface area contributed by atoms with Gasteiger partial charge in [-0.3, -0.25) is 0 Å². The van der Waals surface area contributed by atoms with E-state index in [1.165, 1.54) is 83.5 Å². The fourth-order valence-corrected chi connectivity index (χ4v) is 4.97. The molecule has 6 nitrogen and oxygen atoms in total. The molecule has 0 fully saturated rings. The molecule has 0 aromatic rings. The standard InChI is InChI=1S/C18H42BO5PS.H3N/c1-2-3-4-5-6-7-8-9-10-11-12-13-14-15-16-17-18-24-25(22,23)26-19(20)21;/h20-23,26H,2-18H2,1H3;1H3. The van der Waals surface area contributed by atoms with Crippen molar-refractivity contribution in [2.75, 3.05) is 6.61 Å². The second-order valence-electron chi connectivity index (χ2n) is 7.11. The summed E-state index contributed by atoms with van der Waals surface area (Å²) in [5.41, 5.74) is 0. The molecule has 166 valence electrons. The second-order valence-corrected chi connectivity index (χ2v) is 11.3. The summed E-state index contributed by atoms with van der Waals surface area (Å²) in [5.74, 6) is 0. The van der Waals surface area contributed by atoms with Crippen LogP contribution in [0.5, 0.6) is 0 Å². The van der Waals surface area contributed by atoms with Gasteiger partial charge in [-0.25, -0.2) is 0 Å². The van der Waals surface area contributed by atoms with E-state index in [2.05, 4.69) is 6.92 Å². The molecule has 27 heavy (non-hydrogen) atoms. The van der Waals surface area contributed by atoms with Crippen molar-refractivity contribution in [3.05, 3.63) is 0 Å². The van der Waals surface area contributed by atoms with Gasteiger partial charge in [0.25, 0.3) is 6.72 Å². The van der Waals surface area contributed by atoms with Crippen LogP contribution in [0.1, 0.15) is 110 Å². The lowest BCUT2D eigenvalue weighted by molar-refractivity contribution is 0.245. The molecule has 0 radical (unpaired) electrons. The van der Waals surface area contributed by atoms with Crippen LogP contribution >= 0.6 is 6.72 Å². The largest absolute Gasteiger partial charge is 0.524 e. The van der Waals surface area contributed by atoms with Crippen LogP contribution in [-0.4, -0.2) is 32.8 Å². The fourth-order valence-electron chi connectivity index (χ4n) is 3.01. The zero-order valence-corrected chi connectivity index (χ0v) is 19.2. The zero-order valence-electron chi connectivity index (χ0n) is 17.4. The minimum atomic E-state index is -3.62. The van der Waals surface area contributed by atoms with Gasteiger partial charge in [-0.1, -0.05) is 103 Å². The van der Waals surface area contributed by atoms with Crippen LogP contribution in [0.2, 0.25) is 0 Å². The van der Waals surface area contributed by atoms with Crippen molar-refractivity contribution in [1.29, 1.82) is 0 Å². The van der Waals surface area contributed by atoms with Gasteiger partial charge in [0.2, 0.25) is 0 Å². The Morgan fingerprint density at radius 1 is 0.667 bits per heavy atom. The lowest BCUT2D eigenvalue weighted by Crippen LogP contribution is -2.10. The molecule has 0 saturated heterocycles. The van der Waals surface area contributed by atoms with Crippen molar-refractivity contribution in [2.45, 2.75) is 110 Å². The van der Waals surface area contributed by atoms with Crippen molar-refractivity contribution in [1.82, 2.24) is 6.15 Å². The molecule has 0 spiro atoms. The molecule has 0 aliphatic heterocycles. The third-order valence-corrected chi connectivity index (χ3v) is 7.42. The van der Waals surface area contributed by atoms with Crippen molar-refractivity contribution < 1.29 is 24.4 Å². The molecule has 0 saturated carbocycles. The number of hydrogen-bond donors (Lipinski definition) is 6. The molecule has 0 aromatic heterocycles. The highest BCUT2D eigenvalue weighted by atomic mass is 32.5. The normalized spacial score (nSPS) is 11.4. The van der Waals surface area contributed by atoms with E-state index >= 15 is 0 Å². The molecule has 0 bridgehead atoms. The molecular weight excluding hydrogens is 384 g/mol. The number of thiol groups is 1. The maximum Gasteiger partial charge on any atom is 0.524 e. The highest BCUT2D eigenvalue weighted by Crippen LogP contribution is 2.39. The van der Waals surface area contributed by atoms with E-state index < -0.39 is 13.1 Å². The third-order valence-electron chi connectivity index (χ3n) is 4.52. The predicted octanol–water partition coefficient (Wildman–Crippen LogP) is 4.87. The Morgan fingerprint density at radius 3 is 1.33 bits per heavy atom. The SMILES string of the molecule is CCCCCCCCCCCCCCCCCCOP(O)(O)=[SH]B(O)O.N. The van der Waals surface area contributed by atoms with E-state index in [1.807, 2.05) is 0 Å². The van der Waals surface area contributed by atoms with Crippen LogP contribution in [0.25, 0.3) is 0 Å². The summed E-state index contributed by atoms with van der Waals surface area (Å²) in [7, 11) is -0.253. The monoisotopic (exact) mass is 429 g/mol. The van der Waals surface area contributed by atoms with Gasteiger partial charge < -0.3 is 30.5 Å². The van der Waals surface area contributed by atoms with Crippen LogP contribution in [0.15, 0.2) is 0 Å². The van der Waals surface area contributed by atoms with E-state index in [-0.39, 0.29) is 23.5 Å². The van der Waals surface area contributed by atoms with Crippen molar-refractivity contribution in [3.8, 4) is 0 Å². The Labute approximate surface area is 171 Å². The highest BCUT2D eigenvalue weighted by Gasteiger charge is 2.14. The topological polar surface area (TPSA) is 125 Å². The van der Waals surface area contributed by atoms with Gasteiger partial charge in [0, 0.05) is 0 Å². The number of hydrogen-bond acceptors (Lipinski definition) is 4. The minimum absolute atomic E-state index is 0. The summed E-state index contributed by atoms with van der Waals surface area (Å²) in [4.78, 5) is 18.8. The van der Waals surface area contributed by atoms with Crippen molar-refractivity contribution >= 4 is 23.9 Å². The van der Waals surface area contributed by atoms with E-state index in [9.17, 15) is 9.79 Å². The number of unbranched alkanes of at least 4 members (excludes halogenated alkanes) is 15. The van der Waals surface area contributed by atoms with E-state index in [4.69, 9.17) is 14.6 Å². The second kappa shape index (κ2) is 21.3. The summed E-state index contributed by atoms with van der Waals surface area (Å²) in [6, 6.07) is 0. The first-order valence-electron chi connectivity index (χ1n) is 10.6. The summed E-state index contributed by atoms with van der Waals surface area (Å²) >= 11 is 0. The maximum atomic E-state index is 9.42. The number of rotatable bonds is 19. The first-order valence-corrected chi connectivity index (χ1v) is 13.8. The highest BCUT2D eigenvalue weighted by molar-refractivity contribution is 8.31. The minimum Gasteiger partial charge on any atom is -0.418 e. The molecular formula is C18H45BNO5PS. The average Bonchev–Trinajstić information content (AvgIpc) is 2.56. The molecule has 9 heteroatoms. The molecule has 7 N–H and O–H groups in total. The van der Waals surface area contributed by atoms with Gasteiger partial charge >= 0.3 is 6.40 Å². The van der Waals surface area contributed by atoms with E-state index in [1.54, 1.807) is 0 Å². The Morgan fingerprint density at radius 2 is 1.00 bits per heavy atom. The Balaban J connectivity index is 0. The lowest BCUT2D eigenvalue weighted by atomic mass is 10.0. The third kappa shape index (κ3) is 24.6. The molecule has 0 amide bonds. The van der Waals surface area contributed by atoms with E-state index in [0.717, 1.165) is 19.3 Å².